The molecule has 0 aliphatic carbocycles. The van der Waals surface area contributed by atoms with Gasteiger partial charge in [0.25, 0.3) is 0 Å². The zero-order valence-corrected chi connectivity index (χ0v) is 8.21. The lowest BCUT2D eigenvalue weighted by Crippen LogP contribution is -1.96. The second-order valence-electron chi connectivity index (χ2n) is 2.50. The number of ether oxygens (including phenoxy) is 1. The number of phenols is 1. The molecule has 1 rings (SSSR count). The summed E-state index contributed by atoms with van der Waals surface area (Å²) in [6, 6.07) is 2.97. The van der Waals surface area contributed by atoms with Crippen LogP contribution in [-0.4, -0.2) is 20.1 Å². The summed E-state index contributed by atoms with van der Waals surface area (Å²) in [7, 11) is -4.75. The van der Waals surface area contributed by atoms with Gasteiger partial charge in [0.15, 0.2) is 11.5 Å². The molecule has 0 saturated carbocycles. The fourth-order valence-corrected chi connectivity index (χ4v) is 1.40. The third kappa shape index (κ3) is 2.35. The average molecular weight is 220 g/mol. The van der Waals surface area contributed by atoms with Crippen molar-refractivity contribution in [2.45, 2.75) is 11.8 Å². The summed E-state index contributed by atoms with van der Waals surface area (Å²) in [5.41, 5.74) is 0. The molecule has 0 atom stereocenters. The molecule has 0 saturated heterocycles. The lowest BCUT2D eigenvalue weighted by Gasteiger charge is -2.05. The van der Waals surface area contributed by atoms with Gasteiger partial charge in [-0.2, -0.15) is 8.42 Å². The van der Waals surface area contributed by atoms with Gasteiger partial charge in [-0.05, 0) is 19.1 Å². The maximum absolute atomic E-state index is 12.5. The van der Waals surface area contributed by atoms with Crippen LogP contribution in [0.25, 0.3) is 0 Å². The molecule has 0 radical (unpaired) electrons. The summed E-state index contributed by atoms with van der Waals surface area (Å²) < 4.78 is 38.4. The first-order valence-electron chi connectivity index (χ1n) is 3.85. The Morgan fingerprint density at radius 3 is 2.64 bits per heavy atom. The van der Waals surface area contributed by atoms with Crippen molar-refractivity contribution in [3.63, 3.8) is 0 Å². The van der Waals surface area contributed by atoms with Gasteiger partial charge in [0.05, 0.1) is 6.61 Å². The molecule has 1 aromatic carbocycles. The van der Waals surface area contributed by atoms with Gasteiger partial charge in [-0.3, -0.25) is 0 Å². The Hall–Kier alpha value is -1.30. The molecule has 0 aliphatic rings. The van der Waals surface area contributed by atoms with Crippen molar-refractivity contribution in [2.24, 2.45) is 0 Å². The third-order valence-corrected chi connectivity index (χ3v) is 2.33. The summed E-state index contributed by atoms with van der Waals surface area (Å²) in [5.74, 6) is -0.273. The van der Waals surface area contributed by atoms with Crippen LogP contribution < -0.4 is 4.74 Å². The number of aromatic hydroxyl groups is 1. The van der Waals surface area contributed by atoms with Gasteiger partial charge in [0.2, 0.25) is 0 Å². The van der Waals surface area contributed by atoms with Crippen molar-refractivity contribution in [2.75, 3.05) is 6.61 Å². The third-order valence-electron chi connectivity index (χ3n) is 1.51. The molecule has 14 heavy (non-hydrogen) atoms. The van der Waals surface area contributed by atoms with E-state index in [1.807, 2.05) is 0 Å². The molecule has 1 N–H and O–H groups in total. The number of phenolic OH excluding ortho intramolecular Hbond substituents is 1. The van der Waals surface area contributed by atoms with Crippen molar-refractivity contribution in [3.8, 4) is 11.5 Å². The topological polar surface area (TPSA) is 63.6 Å². The molecule has 0 aromatic heterocycles. The largest absolute Gasteiger partial charge is 0.504 e. The Morgan fingerprint density at radius 1 is 1.50 bits per heavy atom. The van der Waals surface area contributed by atoms with Crippen LogP contribution in [0.2, 0.25) is 0 Å². The van der Waals surface area contributed by atoms with E-state index in [1.165, 1.54) is 0 Å². The van der Waals surface area contributed by atoms with E-state index in [0.717, 1.165) is 18.2 Å². The number of hydrogen-bond donors (Lipinski definition) is 1. The monoisotopic (exact) mass is 220 g/mol. The highest BCUT2D eigenvalue weighted by Crippen LogP contribution is 2.29. The van der Waals surface area contributed by atoms with E-state index in [0.29, 0.717) is 0 Å². The van der Waals surface area contributed by atoms with Crippen molar-refractivity contribution in [3.05, 3.63) is 18.2 Å². The van der Waals surface area contributed by atoms with E-state index in [1.54, 1.807) is 6.92 Å². The molecular weight excluding hydrogens is 211 g/mol. The number of rotatable bonds is 3. The summed E-state index contributed by atoms with van der Waals surface area (Å²) in [6.45, 7) is 1.92. The van der Waals surface area contributed by atoms with Crippen LogP contribution in [0.15, 0.2) is 23.1 Å². The maximum atomic E-state index is 12.5. The van der Waals surface area contributed by atoms with Gasteiger partial charge in [0.1, 0.15) is 4.90 Å². The highest BCUT2D eigenvalue weighted by atomic mass is 32.3. The van der Waals surface area contributed by atoms with Crippen LogP contribution in [-0.2, 0) is 10.2 Å². The standard InChI is InChI=1S/C8H9FO4S/c1-2-13-8-5-6(14(9,11)12)3-4-7(8)10/h3-5,10H,2H2,1H3. The molecule has 1 aromatic rings. The molecule has 0 unspecified atom stereocenters. The lowest BCUT2D eigenvalue weighted by molar-refractivity contribution is 0.317. The minimum atomic E-state index is -4.75. The fraction of sp³-hybridized carbons (Fsp3) is 0.250. The van der Waals surface area contributed by atoms with Crippen LogP contribution in [0.5, 0.6) is 11.5 Å². The molecule has 78 valence electrons. The first kappa shape index (κ1) is 10.8. The Balaban J connectivity index is 3.20. The van der Waals surface area contributed by atoms with Crippen LogP contribution in [0.1, 0.15) is 6.92 Å². The molecule has 0 fully saturated rings. The molecule has 6 heteroatoms. The highest BCUT2D eigenvalue weighted by molar-refractivity contribution is 7.86. The zero-order valence-electron chi connectivity index (χ0n) is 7.40. The highest BCUT2D eigenvalue weighted by Gasteiger charge is 2.14. The van der Waals surface area contributed by atoms with Gasteiger partial charge < -0.3 is 9.84 Å². The first-order chi connectivity index (χ1) is 6.45. The minimum Gasteiger partial charge on any atom is -0.504 e. The molecule has 0 aliphatic heterocycles. The van der Waals surface area contributed by atoms with Crippen molar-refractivity contribution >= 4 is 10.2 Å². The molecule has 0 heterocycles. The molecule has 0 bridgehead atoms. The van der Waals surface area contributed by atoms with Gasteiger partial charge >= 0.3 is 10.2 Å². The SMILES string of the molecule is CCOc1cc(S(=O)(=O)F)ccc1O. The Kier molecular flexibility index (Phi) is 2.95. The Morgan fingerprint density at radius 2 is 2.14 bits per heavy atom. The number of benzene rings is 1. The Labute approximate surface area is 81.2 Å². The molecule has 0 spiro atoms. The summed E-state index contributed by atoms with van der Waals surface area (Å²) >= 11 is 0. The van der Waals surface area contributed by atoms with Crippen molar-refractivity contribution in [1.29, 1.82) is 0 Å². The predicted molar refractivity (Wildman–Crippen MR) is 47.6 cm³/mol. The normalized spacial score (nSPS) is 11.3. The quantitative estimate of drug-likeness (QED) is 0.783. The van der Waals surface area contributed by atoms with Crippen LogP contribution in [0.3, 0.4) is 0 Å². The van der Waals surface area contributed by atoms with Crippen LogP contribution in [0, 0.1) is 0 Å². The van der Waals surface area contributed by atoms with Gasteiger partial charge in [0, 0.05) is 6.07 Å². The van der Waals surface area contributed by atoms with Crippen LogP contribution >= 0.6 is 0 Å². The van der Waals surface area contributed by atoms with Gasteiger partial charge in [-0.25, -0.2) is 0 Å². The second-order valence-corrected chi connectivity index (χ2v) is 3.85. The van der Waals surface area contributed by atoms with E-state index < -0.39 is 15.1 Å². The van der Waals surface area contributed by atoms with Gasteiger partial charge in [-0.1, -0.05) is 0 Å². The Bertz CT molecular complexity index is 427. The van der Waals surface area contributed by atoms with Gasteiger partial charge in [-0.15, -0.1) is 3.89 Å². The summed E-state index contributed by atoms with van der Waals surface area (Å²) in [6.07, 6.45) is 0. The zero-order chi connectivity index (χ0) is 10.8. The lowest BCUT2D eigenvalue weighted by atomic mass is 10.3. The molecular formula is C8H9FO4S. The minimum absolute atomic E-state index is 0.0498. The smallest absolute Gasteiger partial charge is 0.332 e. The van der Waals surface area contributed by atoms with E-state index in [9.17, 15) is 17.4 Å². The summed E-state index contributed by atoms with van der Waals surface area (Å²) in [4.78, 5) is -0.529. The number of halogens is 1. The predicted octanol–water partition coefficient (Wildman–Crippen LogP) is 1.45. The first-order valence-corrected chi connectivity index (χ1v) is 5.24. The maximum Gasteiger partial charge on any atom is 0.332 e. The van der Waals surface area contributed by atoms with Crippen molar-refractivity contribution in [1.82, 2.24) is 0 Å². The fourth-order valence-electron chi connectivity index (χ4n) is 0.917. The summed E-state index contributed by atoms with van der Waals surface area (Å²) in [5, 5.41) is 9.19. The van der Waals surface area contributed by atoms with E-state index in [2.05, 4.69) is 0 Å². The number of hydrogen-bond acceptors (Lipinski definition) is 4. The van der Waals surface area contributed by atoms with E-state index >= 15 is 0 Å². The van der Waals surface area contributed by atoms with Crippen molar-refractivity contribution < 1.29 is 22.1 Å². The molecule has 4 nitrogen and oxygen atoms in total. The molecule has 0 amide bonds. The average Bonchev–Trinajstić information content (AvgIpc) is 2.07. The van der Waals surface area contributed by atoms with E-state index in [4.69, 9.17) is 4.74 Å². The second kappa shape index (κ2) is 3.83. The van der Waals surface area contributed by atoms with Crippen LogP contribution in [0.4, 0.5) is 3.89 Å². The van der Waals surface area contributed by atoms with E-state index in [-0.39, 0.29) is 18.1 Å².